The van der Waals surface area contributed by atoms with Crippen LogP contribution in [0.1, 0.15) is 285 Å². The Kier molecular flexibility index (Phi) is 44.2. The van der Waals surface area contributed by atoms with E-state index in [2.05, 4.69) is 27.7 Å². The monoisotopic (exact) mass is 807 g/mol. The summed E-state index contributed by atoms with van der Waals surface area (Å²) in [5, 5.41) is 0. The van der Waals surface area contributed by atoms with E-state index in [9.17, 15) is 14.4 Å². The molecule has 0 aliphatic heterocycles. The highest BCUT2D eigenvalue weighted by Gasteiger charge is 2.19. The summed E-state index contributed by atoms with van der Waals surface area (Å²) in [5.41, 5.74) is 0. The van der Waals surface area contributed by atoms with E-state index in [-0.39, 0.29) is 31.1 Å². The smallest absolute Gasteiger partial charge is 0.306 e. The van der Waals surface area contributed by atoms with Gasteiger partial charge in [0.25, 0.3) is 0 Å². The van der Waals surface area contributed by atoms with E-state index in [4.69, 9.17) is 14.2 Å². The SMILES string of the molecule is CCCCCCCCCCCCCCCCCCCC(=O)OC[C@H](COC(=O)CCCCCCCCCCC)OC(=O)CCCCCCCCCCCCC(C)C. The van der Waals surface area contributed by atoms with Crippen molar-refractivity contribution in [2.24, 2.45) is 5.92 Å². The summed E-state index contributed by atoms with van der Waals surface area (Å²) < 4.78 is 16.8. The molecule has 0 saturated heterocycles. The number of hydrogen-bond acceptors (Lipinski definition) is 6. The molecule has 0 heterocycles. The van der Waals surface area contributed by atoms with Gasteiger partial charge in [-0.05, 0) is 25.2 Å². The lowest BCUT2D eigenvalue weighted by Gasteiger charge is -2.18. The first-order valence-corrected chi connectivity index (χ1v) is 25.4. The van der Waals surface area contributed by atoms with Crippen molar-refractivity contribution >= 4 is 17.9 Å². The highest BCUT2D eigenvalue weighted by Crippen LogP contribution is 2.17. The normalized spacial score (nSPS) is 11.9. The summed E-state index contributed by atoms with van der Waals surface area (Å²) in [4.78, 5) is 37.8. The van der Waals surface area contributed by atoms with Gasteiger partial charge in [0.15, 0.2) is 6.10 Å². The average Bonchev–Trinajstić information content (AvgIpc) is 3.19. The van der Waals surface area contributed by atoms with Gasteiger partial charge in [-0.25, -0.2) is 0 Å². The van der Waals surface area contributed by atoms with Crippen molar-refractivity contribution in [1.82, 2.24) is 0 Å². The number of ether oxygens (including phenoxy) is 3. The zero-order valence-corrected chi connectivity index (χ0v) is 38.8. The number of hydrogen-bond donors (Lipinski definition) is 0. The minimum absolute atomic E-state index is 0.0632. The van der Waals surface area contributed by atoms with Crippen LogP contribution in [0.15, 0.2) is 0 Å². The van der Waals surface area contributed by atoms with Crippen molar-refractivity contribution < 1.29 is 28.6 Å². The third-order valence-electron chi connectivity index (χ3n) is 11.5. The van der Waals surface area contributed by atoms with Gasteiger partial charge in [0, 0.05) is 19.3 Å². The summed E-state index contributed by atoms with van der Waals surface area (Å²) in [6.07, 6.45) is 46.6. The molecule has 6 heteroatoms. The molecule has 0 unspecified atom stereocenters. The van der Waals surface area contributed by atoms with Crippen molar-refractivity contribution in [2.75, 3.05) is 13.2 Å². The van der Waals surface area contributed by atoms with E-state index in [1.165, 1.54) is 180 Å². The first kappa shape index (κ1) is 55.4. The summed E-state index contributed by atoms with van der Waals surface area (Å²) in [6, 6.07) is 0. The van der Waals surface area contributed by atoms with E-state index in [1.54, 1.807) is 0 Å². The van der Waals surface area contributed by atoms with Gasteiger partial charge in [-0.1, -0.05) is 246 Å². The van der Waals surface area contributed by atoms with Gasteiger partial charge < -0.3 is 14.2 Å². The minimum Gasteiger partial charge on any atom is -0.462 e. The van der Waals surface area contributed by atoms with Crippen molar-refractivity contribution in [3.63, 3.8) is 0 Å². The van der Waals surface area contributed by atoms with Gasteiger partial charge in [-0.3, -0.25) is 14.4 Å². The minimum atomic E-state index is -0.760. The molecule has 0 saturated carbocycles. The van der Waals surface area contributed by atoms with Crippen molar-refractivity contribution in [3.8, 4) is 0 Å². The van der Waals surface area contributed by atoms with Crippen LogP contribution in [0.4, 0.5) is 0 Å². The Hall–Kier alpha value is -1.59. The van der Waals surface area contributed by atoms with E-state index < -0.39 is 6.10 Å². The second-order valence-corrected chi connectivity index (χ2v) is 17.9. The molecule has 0 rings (SSSR count). The third-order valence-corrected chi connectivity index (χ3v) is 11.5. The zero-order valence-electron chi connectivity index (χ0n) is 38.8. The summed E-state index contributed by atoms with van der Waals surface area (Å²) >= 11 is 0. The fourth-order valence-electron chi connectivity index (χ4n) is 7.69. The molecule has 0 radical (unpaired) electrons. The van der Waals surface area contributed by atoms with E-state index >= 15 is 0 Å². The van der Waals surface area contributed by atoms with Gasteiger partial charge in [0.2, 0.25) is 0 Å². The molecule has 338 valence electrons. The molecule has 6 nitrogen and oxygen atoms in total. The van der Waals surface area contributed by atoms with Crippen LogP contribution in [-0.4, -0.2) is 37.2 Å². The predicted octanol–water partition coefficient (Wildman–Crippen LogP) is 16.3. The van der Waals surface area contributed by atoms with Crippen LogP contribution < -0.4 is 0 Å². The molecule has 0 aliphatic carbocycles. The van der Waals surface area contributed by atoms with Gasteiger partial charge in [0.1, 0.15) is 13.2 Å². The fraction of sp³-hybridized carbons (Fsp3) is 0.941. The maximum Gasteiger partial charge on any atom is 0.306 e. The molecule has 0 aromatic heterocycles. The van der Waals surface area contributed by atoms with Crippen LogP contribution >= 0.6 is 0 Å². The Morgan fingerprint density at radius 2 is 0.579 bits per heavy atom. The molecule has 0 bridgehead atoms. The maximum absolute atomic E-state index is 12.7. The summed E-state index contributed by atoms with van der Waals surface area (Å²) in [5.74, 6) is -0.0331. The largest absolute Gasteiger partial charge is 0.462 e. The summed E-state index contributed by atoms with van der Waals surface area (Å²) in [7, 11) is 0. The predicted molar refractivity (Wildman–Crippen MR) is 243 cm³/mol. The third kappa shape index (κ3) is 45.3. The standard InChI is InChI=1S/C51H98O6/c1-5-7-9-11-13-15-16-17-18-19-20-21-22-27-31-35-39-43-50(53)56-46-48(45-55-49(52)42-38-34-30-25-14-12-10-8-6-2)57-51(54)44-40-36-32-28-24-23-26-29-33-37-41-47(3)4/h47-48H,5-46H2,1-4H3/t48-/m0/s1. The van der Waals surface area contributed by atoms with Crippen molar-refractivity contribution in [2.45, 2.75) is 291 Å². The molecule has 0 spiro atoms. The average molecular weight is 807 g/mol. The summed E-state index contributed by atoms with van der Waals surface area (Å²) in [6.45, 7) is 8.99. The second kappa shape index (κ2) is 45.5. The number of esters is 3. The van der Waals surface area contributed by atoms with Gasteiger partial charge >= 0.3 is 17.9 Å². The maximum atomic E-state index is 12.7. The molecular formula is C51H98O6. The molecule has 0 aliphatic rings. The molecule has 0 aromatic carbocycles. The Morgan fingerprint density at radius 3 is 0.860 bits per heavy atom. The first-order valence-electron chi connectivity index (χ1n) is 25.4. The Labute approximate surface area is 355 Å². The van der Waals surface area contributed by atoms with Crippen LogP contribution in [-0.2, 0) is 28.6 Å². The molecular weight excluding hydrogens is 709 g/mol. The van der Waals surface area contributed by atoms with E-state index in [1.807, 2.05) is 0 Å². The van der Waals surface area contributed by atoms with Crippen LogP contribution in [0.5, 0.6) is 0 Å². The number of carbonyl (C=O) groups excluding carboxylic acids is 3. The quantitative estimate of drug-likeness (QED) is 0.0346. The van der Waals surface area contributed by atoms with Crippen LogP contribution in [0.25, 0.3) is 0 Å². The second-order valence-electron chi connectivity index (χ2n) is 17.9. The van der Waals surface area contributed by atoms with Gasteiger partial charge in [-0.15, -0.1) is 0 Å². The number of unbranched alkanes of at least 4 members (excludes halogenated alkanes) is 33. The molecule has 0 fully saturated rings. The lowest BCUT2D eigenvalue weighted by Crippen LogP contribution is -2.30. The fourth-order valence-corrected chi connectivity index (χ4v) is 7.69. The van der Waals surface area contributed by atoms with Crippen LogP contribution in [0, 0.1) is 5.92 Å². The van der Waals surface area contributed by atoms with Gasteiger partial charge in [-0.2, -0.15) is 0 Å². The Morgan fingerprint density at radius 1 is 0.333 bits per heavy atom. The van der Waals surface area contributed by atoms with Crippen molar-refractivity contribution in [1.29, 1.82) is 0 Å². The van der Waals surface area contributed by atoms with Crippen LogP contribution in [0.3, 0.4) is 0 Å². The van der Waals surface area contributed by atoms with Crippen molar-refractivity contribution in [3.05, 3.63) is 0 Å². The highest BCUT2D eigenvalue weighted by atomic mass is 16.6. The molecule has 57 heavy (non-hydrogen) atoms. The lowest BCUT2D eigenvalue weighted by molar-refractivity contribution is -0.167. The zero-order chi connectivity index (χ0) is 41.7. The lowest BCUT2D eigenvalue weighted by atomic mass is 10.0. The number of rotatable bonds is 46. The highest BCUT2D eigenvalue weighted by molar-refractivity contribution is 5.71. The Balaban J connectivity index is 4.25. The molecule has 1 atom stereocenters. The van der Waals surface area contributed by atoms with E-state index in [0.717, 1.165) is 63.7 Å². The van der Waals surface area contributed by atoms with E-state index in [0.29, 0.717) is 19.3 Å². The topological polar surface area (TPSA) is 78.9 Å². The van der Waals surface area contributed by atoms with Crippen LogP contribution in [0.2, 0.25) is 0 Å². The molecule has 0 amide bonds. The Bertz CT molecular complexity index is 857. The first-order chi connectivity index (χ1) is 27.9. The molecule has 0 N–H and O–H groups in total. The number of carbonyl (C=O) groups is 3. The van der Waals surface area contributed by atoms with Gasteiger partial charge in [0.05, 0.1) is 0 Å². The molecule has 0 aromatic rings.